The van der Waals surface area contributed by atoms with Crippen molar-refractivity contribution < 1.29 is 22.7 Å². The van der Waals surface area contributed by atoms with Gasteiger partial charge < -0.3 is 10.1 Å². The number of nitrogens with one attached hydrogen (secondary N) is 1. The number of hydrogen-bond donors (Lipinski definition) is 1. The number of Topliss-reactive ketones (excluding diaryl/α,β-unsaturated/α-hetero) is 1. The van der Waals surface area contributed by atoms with E-state index >= 15 is 0 Å². The number of ether oxygens (including phenoxy) is 1. The lowest BCUT2D eigenvalue weighted by Gasteiger charge is -2.12. The number of esters is 1. The number of benzene rings is 1. The standard InChI is InChI=1S/C17H18N2O5S2/c1-11(19)14(8-18)15(20)9-24-17(21)13-4-2-3-5-16(13)25-12-6-7-26(22,23)10-12/h2-5,12,14,19H,6-7,9-10H2,1H3/t12-,14?/m0/s1. The number of carbonyl (C=O) groups excluding carboxylic acids is 2. The Morgan fingerprint density at radius 3 is 2.69 bits per heavy atom. The van der Waals surface area contributed by atoms with Crippen molar-refractivity contribution >= 4 is 39.1 Å². The summed E-state index contributed by atoms with van der Waals surface area (Å²) >= 11 is 1.31. The summed E-state index contributed by atoms with van der Waals surface area (Å²) < 4.78 is 28.2. The first-order valence-electron chi connectivity index (χ1n) is 7.84. The highest BCUT2D eigenvalue weighted by Crippen LogP contribution is 2.33. The molecule has 0 radical (unpaired) electrons. The van der Waals surface area contributed by atoms with Gasteiger partial charge in [0.05, 0.1) is 23.1 Å². The molecule has 0 spiro atoms. The molecule has 1 aromatic rings. The lowest BCUT2D eigenvalue weighted by atomic mass is 10.0. The van der Waals surface area contributed by atoms with E-state index in [0.29, 0.717) is 11.3 Å². The summed E-state index contributed by atoms with van der Waals surface area (Å²) in [6, 6.07) is 8.33. The Labute approximate surface area is 156 Å². The molecule has 0 saturated carbocycles. The molecular weight excluding hydrogens is 376 g/mol. The number of ketones is 1. The second-order valence-electron chi connectivity index (χ2n) is 5.93. The van der Waals surface area contributed by atoms with Gasteiger partial charge in [-0.05, 0) is 25.5 Å². The van der Waals surface area contributed by atoms with Crippen molar-refractivity contribution in [1.29, 1.82) is 10.7 Å². The van der Waals surface area contributed by atoms with Gasteiger partial charge in [0, 0.05) is 15.9 Å². The molecule has 138 valence electrons. The van der Waals surface area contributed by atoms with Gasteiger partial charge in [0.25, 0.3) is 0 Å². The van der Waals surface area contributed by atoms with Gasteiger partial charge in [-0.15, -0.1) is 11.8 Å². The van der Waals surface area contributed by atoms with Crippen LogP contribution in [0.2, 0.25) is 0 Å². The molecule has 1 aliphatic rings. The van der Waals surface area contributed by atoms with E-state index in [-0.39, 0.29) is 28.0 Å². The normalized spacial score (nSPS) is 19.3. The minimum Gasteiger partial charge on any atom is -0.454 e. The van der Waals surface area contributed by atoms with Gasteiger partial charge in [0.2, 0.25) is 0 Å². The molecule has 0 bridgehead atoms. The Bertz CT molecular complexity index is 873. The van der Waals surface area contributed by atoms with Crippen LogP contribution in [0, 0.1) is 22.7 Å². The van der Waals surface area contributed by atoms with Crippen LogP contribution in [0.15, 0.2) is 29.2 Å². The molecule has 26 heavy (non-hydrogen) atoms. The molecule has 1 heterocycles. The molecule has 7 nitrogen and oxygen atoms in total. The predicted octanol–water partition coefficient (Wildman–Crippen LogP) is 1.87. The molecular formula is C17H18N2O5S2. The molecule has 0 amide bonds. The van der Waals surface area contributed by atoms with E-state index in [2.05, 4.69) is 0 Å². The number of hydrogen-bond acceptors (Lipinski definition) is 8. The van der Waals surface area contributed by atoms with E-state index in [1.54, 1.807) is 30.3 Å². The molecule has 1 N–H and O–H groups in total. The van der Waals surface area contributed by atoms with E-state index in [1.807, 2.05) is 0 Å². The van der Waals surface area contributed by atoms with Crippen molar-refractivity contribution in [2.24, 2.45) is 5.92 Å². The van der Waals surface area contributed by atoms with Crippen LogP contribution >= 0.6 is 11.8 Å². The van der Waals surface area contributed by atoms with Gasteiger partial charge >= 0.3 is 5.97 Å². The number of carbonyl (C=O) groups is 2. The first kappa shape index (κ1) is 20.1. The average Bonchev–Trinajstić information content (AvgIpc) is 2.92. The summed E-state index contributed by atoms with van der Waals surface area (Å²) in [5.41, 5.74) is 0.140. The van der Waals surface area contributed by atoms with Gasteiger partial charge in [-0.2, -0.15) is 5.26 Å². The van der Waals surface area contributed by atoms with Crippen molar-refractivity contribution in [3.63, 3.8) is 0 Å². The van der Waals surface area contributed by atoms with Crippen LogP contribution < -0.4 is 0 Å². The molecule has 1 unspecified atom stereocenters. The lowest BCUT2D eigenvalue weighted by molar-refractivity contribution is -0.122. The lowest BCUT2D eigenvalue weighted by Crippen LogP contribution is -2.25. The molecule has 1 aliphatic heterocycles. The number of nitrogens with zero attached hydrogens (tertiary/aromatic N) is 1. The quantitative estimate of drug-likeness (QED) is 0.553. The zero-order valence-corrected chi connectivity index (χ0v) is 15.7. The Hall–Kier alpha value is -2.18. The molecule has 0 aromatic heterocycles. The van der Waals surface area contributed by atoms with Gasteiger partial charge in [-0.1, -0.05) is 12.1 Å². The minimum atomic E-state index is -3.02. The van der Waals surface area contributed by atoms with E-state index in [0.717, 1.165) is 0 Å². The predicted molar refractivity (Wildman–Crippen MR) is 97.2 cm³/mol. The average molecular weight is 394 g/mol. The zero-order valence-electron chi connectivity index (χ0n) is 14.1. The van der Waals surface area contributed by atoms with E-state index < -0.39 is 34.1 Å². The smallest absolute Gasteiger partial charge is 0.339 e. The zero-order chi connectivity index (χ0) is 19.3. The third kappa shape index (κ3) is 5.16. The maximum atomic E-state index is 12.3. The summed E-state index contributed by atoms with van der Waals surface area (Å²) in [4.78, 5) is 24.8. The fourth-order valence-electron chi connectivity index (χ4n) is 2.48. The third-order valence-corrected chi connectivity index (χ3v) is 7.15. The number of rotatable bonds is 7. The van der Waals surface area contributed by atoms with Gasteiger partial charge in [-0.25, -0.2) is 13.2 Å². The number of sulfone groups is 1. The maximum Gasteiger partial charge on any atom is 0.339 e. The largest absolute Gasteiger partial charge is 0.454 e. The van der Waals surface area contributed by atoms with E-state index in [4.69, 9.17) is 15.4 Å². The summed E-state index contributed by atoms with van der Waals surface area (Å²) in [5, 5.41) is 16.2. The highest BCUT2D eigenvalue weighted by molar-refractivity contribution is 8.02. The van der Waals surface area contributed by atoms with Crippen molar-refractivity contribution in [3.05, 3.63) is 29.8 Å². The third-order valence-electron chi connectivity index (χ3n) is 3.82. The van der Waals surface area contributed by atoms with Crippen LogP contribution in [0.1, 0.15) is 23.7 Å². The van der Waals surface area contributed by atoms with E-state index in [1.165, 1.54) is 18.7 Å². The van der Waals surface area contributed by atoms with Crippen LogP contribution in [-0.4, -0.2) is 49.2 Å². The Kier molecular flexibility index (Phi) is 6.56. The fraction of sp³-hybridized carbons (Fsp3) is 0.412. The monoisotopic (exact) mass is 394 g/mol. The van der Waals surface area contributed by atoms with Gasteiger partial charge in [-0.3, -0.25) is 4.79 Å². The Balaban J connectivity index is 2.05. The van der Waals surface area contributed by atoms with Gasteiger partial charge in [0.15, 0.2) is 22.2 Å². The second-order valence-corrected chi connectivity index (χ2v) is 9.50. The summed E-state index contributed by atoms with van der Waals surface area (Å²) in [5.74, 6) is -2.38. The molecule has 2 rings (SSSR count). The first-order valence-corrected chi connectivity index (χ1v) is 10.5. The highest BCUT2D eigenvalue weighted by Gasteiger charge is 2.30. The van der Waals surface area contributed by atoms with Crippen LogP contribution in [0.4, 0.5) is 0 Å². The van der Waals surface area contributed by atoms with E-state index in [9.17, 15) is 18.0 Å². The SMILES string of the molecule is CC(=N)C(C#N)C(=O)COC(=O)c1ccccc1S[C@H]1CCS(=O)(=O)C1. The van der Waals surface area contributed by atoms with Crippen LogP contribution in [-0.2, 0) is 19.4 Å². The summed E-state index contributed by atoms with van der Waals surface area (Å²) in [7, 11) is -3.02. The molecule has 1 aromatic carbocycles. The highest BCUT2D eigenvalue weighted by atomic mass is 32.2. The maximum absolute atomic E-state index is 12.3. The molecule has 1 saturated heterocycles. The van der Waals surface area contributed by atoms with Crippen molar-refractivity contribution in [1.82, 2.24) is 0 Å². The number of nitriles is 1. The van der Waals surface area contributed by atoms with Crippen molar-refractivity contribution in [2.45, 2.75) is 23.5 Å². The topological polar surface area (TPSA) is 125 Å². The molecule has 1 fully saturated rings. The second kappa shape index (κ2) is 8.47. The van der Waals surface area contributed by atoms with Crippen LogP contribution in [0.25, 0.3) is 0 Å². The first-order chi connectivity index (χ1) is 12.2. The molecule has 0 aliphatic carbocycles. The summed E-state index contributed by atoms with van der Waals surface area (Å²) in [6.45, 7) is 0.749. The molecule has 2 atom stereocenters. The van der Waals surface area contributed by atoms with Crippen molar-refractivity contribution in [3.8, 4) is 6.07 Å². The Morgan fingerprint density at radius 1 is 1.42 bits per heavy atom. The van der Waals surface area contributed by atoms with Crippen molar-refractivity contribution in [2.75, 3.05) is 18.1 Å². The van der Waals surface area contributed by atoms with Gasteiger partial charge in [0.1, 0.15) is 5.92 Å². The summed E-state index contributed by atoms with van der Waals surface area (Å²) in [6.07, 6.45) is 0.525. The number of thioether (sulfide) groups is 1. The van der Waals surface area contributed by atoms with Crippen LogP contribution in [0.5, 0.6) is 0 Å². The Morgan fingerprint density at radius 2 is 2.12 bits per heavy atom. The van der Waals surface area contributed by atoms with Crippen LogP contribution in [0.3, 0.4) is 0 Å². The minimum absolute atomic E-state index is 0.0714. The molecule has 9 heteroatoms. The fourth-order valence-corrected chi connectivity index (χ4v) is 6.10.